The largest absolute Gasteiger partial charge is 0.497 e. The van der Waals surface area contributed by atoms with Crippen molar-refractivity contribution in [1.29, 1.82) is 0 Å². The molecule has 3 nitrogen and oxygen atoms in total. The highest BCUT2D eigenvalue weighted by Gasteiger charge is 2.55. The van der Waals surface area contributed by atoms with Gasteiger partial charge >= 0.3 is 0 Å². The Morgan fingerprint density at radius 1 is 1.25 bits per heavy atom. The summed E-state index contributed by atoms with van der Waals surface area (Å²) in [7, 11) is 1.67. The molecule has 4 atom stereocenters. The van der Waals surface area contributed by atoms with Crippen LogP contribution in [0.4, 0.5) is 0 Å². The normalized spacial score (nSPS) is 29.2. The molecular formula is C25H27NO2. The van der Waals surface area contributed by atoms with Gasteiger partial charge in [-0.15, -0.1) is 12.3 Å². The van der Waals surface area contributed by atoms with Gasteiger partial charge in [0.2, 0.25) is 0 Å². The quantitative estimate of drug-likeness (QED) is 0.574. The molecule has 144 valence electrons. The number of terminal acetylenes is 1. The van der Waals surface area contributed by atoms with Gasteiger partial charge in [0, 0.05) is 12.5 Å². The Kier molecular flexibility index (Phi) is 5.00. The summed E-state index contributed by atoms with van der Waals surface area (Å²) in [4.78, 5) is 14.6. The molecule has 1 spiro atoms. The number of carbonyl (C=O) groups excluding carboxylic acids is 1. The van der Waals surface area contributed by atoms with Crippen molar-refractivity contribution in [3.05, 3.63) is 65.2 Å². The van der Waals surface area contributed by atoms with Crippen LogP contribution in [0.1, 0.15) is 48.9 Å². The number of ether oxygens (including phenoxy) is 1. The maximum atomic E-state index is 12.2. The molecule has 2 aliphatic rings. The summed E-state index contributed by atoms with van der Waals surface area (Å²) < 4.78 is 5.29. The van der Waals surface area contributed by atoms with Crippen LogP contribution in [-0.4, -0.2) is 18.3 Å². The Morgan fingerprint density at radius 2 is 2.00 bits per heavy atom. The van der Waals surface area contributed by atoms with Crippen molar-refractivity contribution in [2.45, 2.75) is 44.3 Å². The number of fused-ring (bicyclic) bond motifs is 2. The maximum absolute atomic E-state index is 12.2. The average Bonchev–Trinajstić information content (AvgIpc) is 3.00. The van der Waals surface area contributed by atoms with Gasteiger partial charge in [0.1, 0.15) is 12.0 Å². The minimum Gasteiger partial charge on any atom is -0.497 e. The Balaban J connectivity index is 1.81. The van der Waals surface area contributed by atoms with Crippen LogP contribution in [-0.2, 0) is 16.9 Å². The molecule has 0 bridgehead atoms. The summed E-state index contributed by atoms with van der Waals surface area (Å²) in [6, 6.07) is 16.2. The molecule has 3 heteroatoms. The molecule has 1 fully saturated rings. The Labute approximate surface area is 167 Å². The second kappa shape index (κ2) is 7.45. The van der Waals surface area contributed by atoms with Crippen LogP contribution in [0, 0.1) is 24.2 Å². The molecular weight excluding hydrogens is 346 g/mol. The van der Waals surface area contributed by atoms with Gasteiger partial charge in [-0.2, -0.15) is 0 Å². The van der Waals surface area contributed by atoms with Crippen LogP contribution in [0.25, 0.3) is 0 Å². The van der Waals surface area contributed by atoms with E-state index in [1.54, 1.807) is 7.11 Å². The first-order chi connectivity index (χ1) is 13.6. The zero-order valence-corrected chi connectivity index (χ0v) is 16.6. The van der Waals surface area contributed by atoms with Crippen molar-refractivity contribution in [1.82, 2.24) is 4.90 Å². The molecule has 0 amide bonds. The third-order valence-corrected chi connectivity index (χ3v) is 6.67. The van der Waals surface area contributed by atoms with Crippen molar-refractivity contribution in [3.63, 3.8) is 0 Å². The van der Waals surface area contributed by atoms with Crippen LogP contribution in [0.15, 0.2) is 48.5 Å². The lowest BCUT2D eigenvalue weighted by Gasteiger charge is -2.49. The maximum Gasteiger partial charge on any atom is 0.141 e. The lowest BCUT2D eigenvalue weighted by molar-refractivity contribution is -0.116. The molecule has 4 rings (SSSR count). The fraction of sp³-hybridized carbons (Fsp3) is 0.400. The van der Waals surface area contributed by atoms with Crippen LogP contribution in [0.2, 0.25) is 0 Å². The number of hydrogen-bond acceptors (Lipinski definition) is 3. The van der Waals surface area contributed by atoms with E-state index in [9.17, 15) is 4.79 Å². The van der Waals surface area contributed by atoms with Crippen LogP contribution < -0.4 is 4.74 Å². The number of nitrogens with zero attached hydrogens (tertiary/aromatic N) is 1. The van der Waals surface area contributed by atoms with Crippen molar-refractivity contribution in [2.75, 3.05) is 7.11 Å². The fourth-order valence-electron chi connectivity index (χ4n) is 5.26. The summed E-state index contributed by atoms with van der Waals surface area (Å²) in [5.41, 5.74) is 3.24. The van der Waals surface area contributed by atoms with E-state index in [4.69, 9.17) is 11.2 Å². The van der Waals surface area contributed by atoms with Crippen molar-refractivity contribution < 1.29 is 9.53 Å². The van der Waals surface area contributed by atoms with Gasteiger partial charge in [-0.05, 0) is 54.0 Å². The van der Waals surface area contributed by atoms with Crippen LogP contribution in [0.3, 0.4) is 0 Å². The Morgan fingerprint density at radius 3 is 2.68 bits per heavy atom. The molecule has 1 heterocycles. The molecule has 0 radical (unpaired) electrons. The van der Waals surface area contributed by atoms with Gasteiger partial charge in [-0.3, -0.25) is 4.90 Å². The van der Waals surface area contributed by atoms with Crippen LogP contribution in [0.5, 0.6) is 5.75 Å². The highest BCUT2D eigenvalue weighted by atomic mass is 16.5. The lowest BCUT2D eigenvalue weighted by atomic mass is 9.66. The van der Waals surface area contributed by atoms with Crippen molar-refractivity contribution in [3.8, 4) is 18.1 Å². The predicted octanol–water partition coefficient (Wildman–Crippen LogP) is 4.72. The van der Waals surface area contributed by atoms with Gasteiger partial charge in [-0.25, -0.2) is 0 Å². The molecule has 1 aliphatic carbocycles. The van der Waals surface area contributed by atoms with E-state index in [0.29, 0.717) is 12.5 Å². The highest BCUT2D eigenvalue weighted by Crippen LogP contribution is 2.56. The molecule has 2 aromatic carbocycles. The standard InChI is InChI=1S/C25H27NO2/c1-4-20-15-18(2)13-14-25(20)23-8-6-5-7-22(23)24(17-27)26(25)16-19-9-11-21(28-3)12-10-19/h1,5-12,17-18,20,24H,13-16H2,2-3H3. The number of aldehydes is 1. The van der Waals surface area contributed by atoms with Crippen LogP contribution >= 0.6 is 0 Å². The molecule has 1 aliphatic heterocycles. The predicted molar refractivity (Wildman–Crippen MR) is 111 cm³/mol. The van der Waals surface area contributed by atoms with Crippen molar-refractivity contribution in [2.24, 2.45) is 11.8 Å². The van der Waals surface area contributed by atoms with E-state index in [1.807, 2.05) is 18.2 Å². The molecule has 0 N–H and O–H groups in total. The zero-order chi connectivity index (χ0) is 19.7. The number of carbonyl (C=O) groups is 1. The topological polar surface area (TPSA) is 29.5 Å². The van der Waals surface area contributed by atoms with E-state index in [0.717, 1.165) is 42.4 Å². The molecule has 28 heavy (non-hydrogen) atoms. The summed E-state index contributed by atoms with van der Waals surface area (Å²) in [6.45, 7) is 2.97. The molecule has 2 aromatic rings. The summed E-state index contributed by atoms with van der Waals surface area (Å²) >= 11 is 0. The molecule has 0 aromatic heterocycles. The second-order valence-corrected chi connectivity index (χ2v) is 8.17. The van der Waals surface area contributed by atoms with E-state index >= 15 is 0 Å². The van der Waals surface area contributed by atoms with E-state index < -0.39 is 0 Å². The number of benzene rings is 2. The first-order valence-electron chi connectivity index (χ1n) is 10.0. The van der Waals surface area contributed by atoms with E-state index in [1.165, 1.54) is 5.56 Å². The van der Waals surface area contributed by atoms with Crippen molar-refractivity contribution >= 4 is 6.29 Å². The summed E-state index contributed by atoms with van der Waals surface area (Å²) in [5, 5.41) is 0. The zero-order valence-electron chi connectivity index (χ0n) is 16.6. The number of hydrogen-bond donors (Lipinski definition) is 0. The monoisotopic (exact) mass is 373 g/mol. The van der Waals surface area contributed by atoms with Gasteiger partial charge in [0.15, 0.2) is 0 Å². The first kappa shape index (κ1) is 18.8. The van der Waals surface area contributed by atoms with Gasteiger partial charge in [-0.1, -0.05) is 43.3 Å². The first-order valence-corrected chi connectivity index (χ1v) is 10.0. The summed E-state index contributed by atoms with van der Waals surface area (Å²) in [5.74, 6) is 4.65. The van der Waals surface area contributed by atoms with Gasteiger partial charge in [0.25, 0.3) is 0 Å². The van der Waals surface area contributed by atoms with E-state index in [-0.39, 0.29) is 17.5 Å². The summed E-state index contributed by atoms with van der Waals surface area (Å²) in [6.07, 6.45) is 10.3. The second-order valence-electron chi connectivity index (χ2n) is 8.17. The molecule has 0 saturated heterocycles. The molecule has 4 unspecified atom stereocenters. The average molecular weight is 373 g/mol. The highest BCUT2D eigenvalue weighted by molar-refractivity contribution is 5.66. The lowest BCUT2D eigenvalue weighted by Crippen LogP contribution is -2.50. The fourth-order valence-corrected chi connectivity index (χ4v) is 5.26. The van der Waals surface area contributed by atoms with Gasteiger partial charge in [0.05, 0.1) is 18.7 Å². The Bertz CT molecular complexity index is 898. The smallest absolute Gasteiger partial charge is 0.141 e. The minimum atomic E-state index is -0.274. The van der Waals surface area contributed by atoms with E-state index in [2.05, 4.69) is 48.1 Å². The third kappa shape index (κ3) is 2.84. The number of methoxy groups -OCH3 is 1. The minimum absolute atomic E-state index is 0.0978. The SMILES string of the molecule is C#CC1CC(C)CCC12c1ccccc1C(C=O)N2Cc1ccc(OC)cc1. The van der Waals surface area contributed by atoms with Gasteiger partial charge < -0.3 is 9.53 Å². The molecule has 1 saturated carbocycles. The number of rotatable bonds is 4. The Hall–Kier alpha value is -2.57. The third-order valence-electron chi connectivity index (χ3n) is 6.67.